The summed E-state index contributed by atoms with van der Waals surface area (Å²) >= 11 is 0. The number of hydrogen-bond acceptors (Lipinski definition) is 5. The number of nitrogens with zero attached hydrogens (tertiary/aromatic N) is 1. The van der Waals surface area contributed by atoms with Crippen LogP contribution < -0.4 is 5.32 Å². The molecule has 0 aromatic carbocycles. The van der Waals surface area contributed by atoms with E-state index in [1.165, 1.54) is 89.9 Å². The van der Waals surface area contributed by atoms with Gasteiger partial charge in [-0.05, 0) is 32.1 Å². The van der Waals surface area contributed by atoms with Crippen molar-refractivity contribution in [1.82, 2.24) is 5.32 Å². The van der Waals surface area contributed by atoms with E-state index in [4.69, 9.17) is 9.05 Å². The standard InChI is InChI=1S/C34H67N2O6P/c1-6-8-9-10-11-12-13-14-15-16-17-18-19-20-21-22-23-24-25-26-28-33(37)32(35-34(38)27-7-2)31-42-43(39,40)41-30-29-36(3,4)5/h22-23,26,28,32-33,37H,6-21,24-25,27,29-31H2,1-5H3,(H-,35,38,39,40)/p+1/b23-22+,28-26+. The molecule has 0 saturated heterocycles. The lowest BCUT2D eigenvalue weighted by molar-refractivity contribution is -0.870. The Bertz CT molecular complexity index is 768. The van der Waals surface area contributed by atoms with Crippen molar-refractivity contribution >= 4 is 13.7 Å². The molecule has 0 aliphatic rings. The number of carbonyl (C=O) groups is 1. The minimum absolute atomic E-state index is 0.0551. The lowest BCUT2D eigenvalue weighted by atomic mass is 10.0. The highest BCUT2D eigenvalue weighted by Gasteiger charge is 2.27. The number of phosphoric acid groups is 1. The number of unbranched alkanes of at least 4 members (excludes halogenated alkanes) is 15. The summed E-state index contributed by atoms with van der Waals surface area (Å²) in [6, 6.07) is -0.853. The van der Waals surface area contributed by atoms with Crippen molar-refractivity contribution in [3.8, 4) is 0 Å². The maximum Gasteiger partial charge on any atom is 0.472 e. The lowest BCUT2D eigenvalue weighted by Gasteiger charge is -2.25. The Balaban J connectivity index is 4.13. The van der Waals surface area contributed by atoms with Crippen LogP contribution in [0.15, 0.2) is 24.3 Å². The molecular weight excluding hydrogens is 563 g/mol. The van der Waals surface area contributed by atoms with Gasteiger partial charge < -0.3 is 19.8 Å². The molecular formula is C34H68N2O6P+. The number of rotatable bonds is 30. The first-order chi connectivity index (χ1) is 20.5. The van der Waals surface area contributed by atoms with Crippen LogP contribution in [-0.2, 0) is 18.4 Å². The second kappa shape index (κ2) is 27.3. The first kappa shape index (κ1) is 42.0. The topological polar surface area (TPSA) is 105 Å². The van der Waals surface area contributed by atoms with E-state index < -0.39 is 20.0 Å². The van der Waals surface area contributed by atoms with Gasteiger partial charge in [0.05, 0.1) is 39.9 Å². The summed E-state index contributed by atoms with van der Waals surface area (Å²) in [7, 11) is 1.54. The Morgan fingerprint density at radius 1 is 0.767 bits per heavy atom. The second-order valence-corrected chi connectivity index (χ2v) is 14.3. The molecule has 1 amide bonds. The van der Waals surface area contributed by atoms with E-state index in [9.17, 15) is 19.4 Å². The zero-order valence-corrected chi connectivity index (χ0v) is 29.3. The molecule has 0 aliphatic heterocycles. The Hall–Kier alpha value is -1.02. The fraction of sp³-hybridized carbons (Fsp3) is 0.853. The van der Waals surface area contributed by atoms with Crippen LogP contribution in [0.1, 0.15) is 136 Å². The summed E-state index contributed by atoms with van der Waals surface area (Å²) in [4.78, 5) is 22.2. The fourth-order valence-electron chi connectivity index (χ4n) is 4.63. The van der Waals surface area contributed by atoms with Gasteiger partial charge in [0.2, 0.25) is 5.91 Å². The number of likely N-dealkylation sites (N-methyl/N-ethyl adjacent to an activating group) is 1. The number of amides is 1. The predicted molar refractivity (Wildman–Crippen MR) is 180 cm³/mol. The molecule has 254 valence electrons. The van der Waals surface area contributed by atoms with E-state index in [1.807, 2.05) is 34.1 Å². The number of nitrogens with one attached hydrogen (secondary N) is 1. The van der Waals surface area contributed by atoms with Crippen molar-refractivity contribution in [2.24, 2.45) is 0 Å². The number of aliphatic hydroxyl groups is 1. The smallest absolute Gasteiger partial charge is 0.387 e. The van der Waals surface area contributed by atoms with Gasteiger partial charge in [0.25, 0.3) is 0 Å². The highest BCUT2D eigenvalue weighted by Crippen LogP contribution is 2.43. The summed E-state index contributed by atoms with van der Waals surface area (Å²) < 4.78 is 23.0. The van der Waals surface area contributed by atoms with Gasteiger partial charge in [-0.15, -0.1) is 0 Å². The molecule has 0 saturated carbocycles. The van der Waals surface area contributed by atoms with Crippen LogP contribution in [0.25, 0.3) is 0 Å². The Kier molecular flexibility index (Phi) is 26.7. The Morgan fingerprint density at radius 3 is 1.81 bits per heavy atom. The SMILES string of the molecule is CCCCCCCCCCCCCCCC/C=C/CC/C=C/C(O)C(COP(=O)(O)OCC[N+](C)(C)C)NC(=O)CCC. The number of allylic oxidation sites excluding steroid dienone is 3. The van der Waals surface area contributed by atoms with Gasteiger partial charge in [-0.3, -0.25) is 13.8 Å². The van der Waals surface area contributed by atoms with Crippen LogP contribution in [0, 0.1) is 0 Å². The van der Waals surface area contributed by atoms with Crippen LogP contribution in [0.3, 0.4) is 0 Å². The van der Waals surface area contributed by atoms with Crippen molar-refractivity contribution in [2.45, 2.75) is 148 Å². The number of quaternary nitrogens is 1. The Morgan fingerprint density at radius 2 is 1.28 bits per heavy atom. The van der Waals surface area contributed by atoms with Crippen LogP contribution in [0.5, 0.6) is 0 Å². The van der Waals surface area contributed by atoms with Gasteiger partial charge in [-0.1, -0.05) is 122 Å². The molecule has 0 spiro atoms. The summed E-state index contributed by atoms with van der Waals surface area (Å²) in [5.41, 5.74) is 0. The van der Waals surface area contributed by atoms with Gasteiger partial charge in [0, 0.05) is 6.42 Å². The van der Waals surface area contributed by atoms with Gasteiger partial charge in [0.15, 0.2) is 0 Å². The van der Waals surface area contributed by atoms with Crippen molar-refractivity contribution in [3.05, 3.63) is 24.3 Å². The third-order valence-corrected chi connectivity index (χ3v) is 8.38. The van der Waals surface area contributed by atoms with E-state index in [-0.39, 0.29) is 19.1 Å². The molecule has 0 radical (unpaired) electrons. The van der Waals surface area contributed by atoms with Gasteiger partial charge in [-0.25, -0.2) is 4.57 Å². The quantitative estimate of drug-likeness (QED) is 0.0319. The van der Waals surface area contributed by atoms with Crippen LogP contribution in [0.4, 0.5) is 0 Å². The largest absolute Gasteiger partial charge is 0.472 e. The highest BCUT2D eigenvalue weighted by molar-refractivity contribution is 7.47. The lowest BCUT2D eigenvalue weighted by Crippen LogP contribution is -2.45. The van der Waals surface area contributed by atoms with Crippen LogP contribution in [-0.4, -0.2) is 73.4 Å². The molecule has 8 nitrogen and oxygen atoms in total. The number of hydrogen-bond donors (Lipinski definition) is 3. The molecule has 0 bridgehead atoms. The third-order valence-electron chi connectivity index (χ3n) is 7.39. The number of aliphatic hydroxyl groups excluding tert-OH is 1. The minimum atomic E-state index is -4.30. The van der Waals surface area contributed by atoms with Crippen molar-refractivity contribution < 1.29 is 32.9 Å². The molecule has 0 aromatic rings. The second-order valence-electron chi connectivity index (χ2n) is 12.9. The zero-order chi connectivity index (χ0) is 32.2. The Labute approximate surface area is 264 Å². The molecule has 3 atom stereocenters. The summed E-state index contributed by atoms with van der Waals surface area (Å²) in [6.07, 6.45) is 29.8. The van der Waals surface area contributed by atoms with Crippen molar-refractivity contribution in [1.29, 1.82) is 0 Å². The normalized spacial score (nSPS) is 15.2. The minimum Gasteiger partial charge on any atom is -0.387 e. The maximum absolute atomic E-state index is 12.3. The van der Waals surface area contributed by atoms with Crippen molar-refractivity contribution in [3.63, 3.8) is 0 Å². The van der Waals surface area contributed by atoms with E-state index in [2.05, 4.69) is 24.4 Å². The molecule has 0 fully saturated rings. The first-order valence-corrected chi connectivity index (χ1v) is 18.7. The molecule has 0 aliphatic carbocycles. The zero-order valence-electron chi connectivity index (χ0n) is 28.4. The molecule has 3 N–H and O–H groups in total. The molecule has 0 aromatic heterocycles. The fourth-order valence-corrected chi connectivity index (χ4v) is 5.36. The van der Waals surface area contributed by atoms with Gasteiger partial charge in [-0.2, -0.15) is 0 Å². The average Bonchev–Trinajstić information content (AvgIpc) is 2.93. The highest BCUT2D eigenvalue weighted by atomic mass is 31.2. The average molecular weight is 632 g/mol. The molecule has 3 unspecified atom stereocenters. The van der Waals surface area contributed by atoms with E-state index in [0.717, 1.165) is 19.3 Å². The molecule has 9 heteroatoms. The van der Waals surface area contributed by atoms with Crippen LogP contribution in [0.2, 0.25) is 0 Å². The van der Waals surface area contributed by atoms with Gasteiger partial charge in [0.1, 0.15) is 13.2 Å². The first-order valence-electron chi connectivity index (χ1n) is 17.2. The number of carbonyl (C=O) groups excluding carboxylic acids is 1. The summed E-state index contributed by atoms with van der Waals surface area (Å²) in [5.74, 6) is -0.242. The van der Waals surface area contributed by atoms with E-state index in [1.54, 1.807) is 6.08 Å². The van der Waals surface area contributed by atoms with Gasteiger partial charge >= 0.3 is 7.82 Å². The monoisotopic (exact) mass is 631 g/mol. The number of phosphoric ester groups is 1. The van der Waals surface area contributed by atoms with E-state index in [0.29, 0.717) is 23.9 Å². The van der Waals surface area contributed by atoms with E-state index >= 15 is 0 Å². The summed E-state index contributed by atoms with van der Waals surface area (Å²) in [6.45, 7) is 4.41. The predicted octanol–water partition coefficient (Wildman–Crippen LogP) is 8.24. The van der Waals surface area contributed by atoms with Crippen molar-refractivity contribution in [2.75, 3.05) is 40.9 Å². The van der Waals surface area contributed by atoms with Crippen LogP contribution >= 0.6 is 7.82 Å². The molecule has 0 heterocycles. The maximum atomic E-state index is 12.3. The molecule has 0 rings (SSSR count). The summed E-state index contributed by atoms with van der Waals surface area (Å²) in [5, 5.41) is 13.4. The molecule has 43 heavy (non-hydrogen) atoms. The third kappa shape index (κ3) is 29.5.